The quantitative estimate of drug-likeness (QED) is 0.736. The van der Waals surface area contributed by atoms with Gasteiger partial charge in [-0.2, -0.15) is 0 Å². The van der Waals surface area contributed by atoms with Crippen molar-refractivity contribution in [1.82, 2.24) is 5.32 Å². The normalized spacial score (nSPS) is 9.90. The Hall–Kier alpha value is -2.04. The van der Waals surface area contributed by atoms with E-state index in [2.05, 4.69) is 5.32 Å². The molecule has 1 aromatic carbocycles. The number of amides is 1. The fraction of sp³-hybridized carbons (Fsp3) is 0.467. The van der Waals surface area contributed by atoms with Gasteiger partial charge in [0.25, 0.3) is 0 Å². The van der Waals surface area contributed by atoms with Crippen molar-refractivity contribution in [3.8, 4) is 5.75 Å². The summed E-state index contributed by atoms with van der Waals surface area (Å²) in [6, 6.07) is 7.70. The van der Waals surface area contributed by atoms with E-state index in [0.717, 1.165) is 17.7 Å². The molecule has 1 aromatic rings. The van der Waals surface area contributed by atoms with Gasteiger partial charge in [0, 0.05) is 13.0 Å². The number of nitrogens with one attached hydrogen (secondary N) is 1. The molecule has 1 N–H and O–H groups in total. The van der Waals surface area contributed by atoms with Crippen LogP contribution in [-0.4, -0.2) is 32.1 Å². The van der Waals surface area contributed by atoms with Crippen LogP contribution in [0, 0.1) is 0 Å². The molecule has 0 saturated carbocycles. The highest BCUT2D eigenvalue weighted by Crippen LogP contribution is 2.11. The number of methoxy groups -OCH3 is 1. The average Bonchev–Trinajstić information content (AvgIpc) is 2.46. The van der Waals surface area contributed by atoms with Gasteiger partial charge >= 0.3 is 5.97 Å². The summed E-state index contributed by atoms with van der Waals surface area (Å²) in [6.45, 7) is 2.64. The number of hydrogen-bond acceptors (Lipinski definition) is 4. The Labute approximate surface area is 119 Å². The Bertz CT molecular complexity index is 428. The van der Waals surface area contributed by atoms with Crippen molar-refractivity contribution in [1.29, 1.82) is 0 Å². The van der Waals surface area contributed by atoms with Crippen molar-refractivity contribution < 1.29 is 19.1 Å². The zero-order valence-electron chi connectivity index (χ0n) is 12.0. The van der Waals surface area contributed by atoms with Gasteiger partial charge in [0.1, 0.15) is 5.75 Å². The summed E-state index contributed by atoms with van der Waals surface area (Å²) in [6.07, 6.45) is 1.04. The number of carbonyl (C=O) groups excluding carboxylic acids is 2. The molecule has 0 heterocycles. The molecule has 5 heteroatoms. The molecule has 0 aliphatic carbocycles. The Morgan fingerprint density at radius 3 is 2.45 bits per heavy atom. The molecule has 1 rings (SSSR count). The fourth-order valence-corrected chi connectivity index (χ4v) is 1.68. The topological polar surface area (TPSA) is 64.6 Å². The third-order valence-corrected chi connectivity index (χ3v) is 2.76. The Balaban J connectivity index is 2.19. The van der Waals surface area contributed by atoms with Crippen molar-refractivity contribution in [3.05, 3.63) is 29.8 Å². The maximum absolute atomic E-state index is 11.5. The number of esters is 1. The minimum absolute atomic E-state index is 0.127. The molecule has 0 aliphatic rings. The van der Waals surface area contributed by atoms with Crippen LogP contribution in [0.25, 0.3) is 0 Å². The summed E-state index contributed by atoms with van der Waals surface area (Å²) in [4.78, 5) is 22.6. The smallest absolute Gasteiger partial charge is 0.306 e. The first kappa shape index (κ1) is 16.0. The van der Waals surface area contributed by atoms with Crippen LogP contribution in [0.3, 0.4) is 0 Å². The van der Waals surface area contributed by atoms with Gasteiger partial charge < -0.3 is 14.8 Å². The fourth-order valence-electron chi connectivity index (χ4n) is 1.68. The molecule has 0 unspecified atom stereocenters. The van der Waals surface area contributed by atoms with E-state index in [9.17, 15) is 9.59 Å². The van der Waals surface area contributed by atoms with E-state index in [0.29, 0.717) is 13.2 Å². The minimum Gasteiger partial charge on any atom is -0.497 e. The molecule has 0 aromatic heterocycles. The number of benzene rings is 1. The largest absolute Gasteiger partial charge is 0.497 e. The van der Waals surface area contributed by atoms with E-state index in [1.807, 2.05) is 24.3 Å². The molecule has 1 amide bonds. The summed E-state index contributed by atoms with van der Waals surface area (Å²) in [5.74, 6) is 0.344. The summed E-state index contributed by atoms with van der Waals surface area (Å²) in [5.41, 5.74) is 1.12. The lowest BCUT2D eigenvalue weighted by atomic mass is 10.1. The van der Waals surface area contributed by atoms with Crippen molar-refractivity contribution in [2.75, 3.05) is 20.3 Å². The van der Waals surface area contributed by atoms with Gasteiger partial charge in [0.05, 0.1) is 20.1 Å². The average molecular weight is 279 g/mol. The van der Waals surface area contributed by atoms with Crippen LogP contribution in [0.5, 0.6) is 5.75 Å². The molecule has 0 atom stereocenters. The van der Waals surface area contributed by atoms with Crippen molar-refractivity contribution in [2.45, 2.75) is 26.2 Å². The Morgan fingerprint density at radius 2 is 1.85 bits per heavy atom. The van der Waals surface area contributed by atoms with Gasteiger partial charge in [-0.15, -0.1) is 0 Å². The number of ether oxygens (including phenoxy) is 2. The van der Waals surface area contributed by atoms with E-state index in [1.54, 1.807) is 14.0 Å². The second-order valence-corrected chi connectivity index (χ2v) is 4.25. The van der Waals surface area contributed by atoms with Gasteiger partial charge in [0.2, 0.25) is 5.91 Å². The van der Waals surface area contributed by atoms with Gasteiger partial charge in [-0.25, -0.2) is 0 Å². The second-order valence-electron chi connectivity index (χ2n) is 4.25. The first-order valence-corrected chi connectivity index (χ1v) is 6.71. The van der Waals surface area contributed by atoms with Gasteiger partial charge in [-0.05, 0) is 31.0 Å². The highest BCUT2D eigenvalue weighted by molar-refractivity contribution is 5.81. The van der Waals surface area contributed by atoms with Crippen LogP contribution < -0.4 is 10.1 Å². The van der Waals surface area contributed by atoms with Gasteiger partial charge in [-0.1, -0.05) is 12.1 Å². The van der Waals surface area contributed by atoms with Crippen molar-refractivity contribution >= 4 is 11.9 Å². The molecule has 0 fully saturated rings. The van der Waals surface area contributed by atoms with E-state index < -0.39 is 0 Å². The molecule has 5 nitrogen and oxygen atoms in total. The van der Waals surface area contributed by atoms with Crippen LogP contribution in [0.15, 0.2) is 24.3 Å². The van der Waals surface area contributed by atoms with E-state index >= 15 is 0 Å². The standard InChI is InChI=1S/C15H21NO4/c1-3-20-15(18)9-8-14(17)16-11-10-12-4-6-13(19-2)7-5-12/h4-7H,3,8-11H2,1-2H3,(H,16,17). The molecular formula is C15H21NO4. The maximum atomic E-state index is 11.5. The summed E-state index contributed by atoms with van der Waals surface area (Å²) >= 11 is 0. The van der Waals surface area contributed by atoms with E-state index in [-0.39, 0.29) is 24.7 Å². The summed E-state index contributed by atoms with van der Waals surface area (Å²) < 4.78 is 9.83. The third-order valence-electron chi connectivity index (χ3n) is 2.76. The van der Waals surface area contributed by atoms with Crippen LogP contribution in [0.4, 0.5) is 0 Å². The molecule has 0 saturated heterocycles. The second kappa shape index (κ2) is 8.96. The van der Waals surface area contributed by atoms with Crippen molar-refractivity contribution in [2.24, 2.45) is 0 Å². The lowest BCUT2D eigenvalue weighted by molar-refractivity contribution is -0.144. The van der Waals surface area contributed by atoms with Crippen molar-refractivity contribution in [3.63, 3.8) is 0 Å². The minimum atomic E-state index is -0.335. The predicted molar refractivity (Wildman–Crippen MR) is 75.6 cm³/mol. The third kappa shape index (κ3) is 6.22. The number of carbonyl (C=O) groups is 2. The Morgan fingerprint density at radius 1 is 1.15 bits per heavy atom. The van der Waals surface area contributed by atoms with Gasteiger partial charge in [-0.3, -0.25) is 9.59 Å². The summed E-state index contributed by atoms with van der Waals surface area (Å²) in [5, 5.41) is 2.78. The molecule has 0 radical (unpaired) electrons. The van der Waals surface area contributed by atoms with Crippen LogP contribution in [0.2, 0.25) is 0 Å². The molecule has 110 valence electrons. The SMILES string of the molecule is CCOC(=O)CCC(=O)NCCc1ccc(OC)cc1. The van der Waals surface area contributed by atoms with E-state index in [4.69, 9.17) is 9.47 Å². The summed E-state index contributed by atoms with van der Waals surface area (Å²) in [7, 11) is 1.62. The highest BCUT2D eigenvalue weighted by Gasteiger charge is 2.06. The molecule has 0 bridgehead atoms. The first-order valence-electron chi connectivity index (χ1n) is 6.71. The molecular weight excluding hydrogens is 258 g/mol. The lowest BCUT2D eigenvalue weighted by Crippen LogP contribution is -2.26. The molecule has 20 heavy (non-hydrogen) atoms. The van der Waals surface area contributed by atoms with Crippen LogP contribution in [0.1, 0.15) is 25.3 Å². The van der Waals surface area contributed by atoms with Gasteiger partial charge in [0.15, 0.2) is 0 Å². The predicted octanol–water partition coefficient (Wildman–Crippen LogP) is 1.70. The highest BCUT2D eigenvalue weighted by atomic mass is 16.5. The number of hydrogen-bond donors (Lipinski definition) is 1. The Kier molecular flexibility index (Phi) is 7.17. The zero-order chi connectivity index (χ0) is 14.8. The maximum Gasteiger partial charge on any atom is 0.306 e. The molecule has 0 spiro atoms. The lowest BCUT2D eigenvalue weighted by Gasteiger charge is -2.06. The first-order chi connectivity index (χ1) is 9.65. The molecule has 0 aliphatic heterocycles. The van der Waals surface area contributed by atoms with E-state index in [1.165, 1.54) is 0 Å². The van der Waals surface area contributed by atoms with Crippen LogP contribution in [-0.2, 0) is 20.7 Å². The van der Waals surface area contributed by atoms with Crippen LogP contribution >= 0.6 is 0 Å². The number of rotatable bonds is 8. The zero-order valence-corrected chi connectivity index (χ0v) is 12.0. The monoisotopic (exact) mass is 279 g/mol.